The molecule has 0 spiro atoms. The highest BCUT2D eigenvalue weighted by atomic mass is 79.9. The van der Waals surface area contributed by atoms with Crippen molar-refractivity contribution >= 4 is 39.5 Å². The maximum atomic E-state index is 12.4. The molecule has 1 aliphatic rings. The molecule has 152 valence electrons. The van der Waals surface area contributed by atoms with Crippen LogP contribution in [0.2, 0.25) is 0 Å². The third-order valence-electron chi connectivity index (χ3n) is 5.06. The van der Waals surface area contributed by atoms with Crippen molar-refractivity contribution in [3.63, 3.8) is 0 Å². The van der Waals surface area contributed by atoms with Crippen LogP contribution >= 0.6 is 15.9 Å². The number of carbonyl (C=O) groups excluding carboxylic acids is 2. The zero-order valence-corrected chi connectivity index (χ0v) is 18.4. The fourth-order valence-electron chi connectivity index (χ4n) is 3.40. The maximum absolute atomic E-state index is 12.4. The largest absolute Gasteiger partial charge is 0.337 e. The topological polar surface area (TPSA) is 52.7 Å². The molecule has 1 N–H and O–H groups in total. The van der Waals surface area contributed by atoms with Crippen LogP contribution in [-0.2, 0) is 9.59 Å². The molecule has 0 aliphatic carbocycles. The molecular weight excluding hydrogens is 430 g/mol. The summed E-state index contributed by atoms with van der Waals surface area (Å²) in [6.07, 6.45) is 3.45. The first-order valence-corrected chi connectivity index (χ1v) is 10.5. The summed E-state index contributed by atoms with van der Waals surface area (Å²) in [5.41, 5.74) is 4.00. The second kappa shape index (κ2) is 9.85. The van der Waals surface area contributed by atoms with Crippen LogP contribution in [0.25, 0.3) is 6.08 Å². The van der Waals surface area contributed by atoms with Gasteiger partial charge in [0.15, 0.2) is 0 Å². The minimum Gasteiger partial charge on any atom is -0.337 e. The number of hydrogen-bond donors (Lipinski definition) is 1. The van der Waals surface area contributed by atoms with Gasteiger partial charge in [0.2, 0.25) is 11.8 Å². The van der Waals surface area contributed by atoms with Gasteiger partial charge in [0.05, 0.1) is 6.54 Å². The molecule has 3 rings (SSSR count). The van der Waals surface area contributed by atoms with Gasteiger partial charge in [-0.1, -0.05) is 46.3 Å². The van der Waals surface area contributed by atoms with Crippen LogP contribution in [0, 0.1) is 13.8 Å². The average Bonchev–Trinajstić information content (AvgIpc) is 2.70. The molecule has 1 saturated heterocycles. The molecule has 2 aromatic carbocycles. The summed E-state index contributed by atoms with van der Waals surface area (Å²) in [6.45, 7) is 6.96. The van der Waals surface area contributed by atoms with E-state index in [-0.39, 0.29) is 11.8 Å². The molecule has 0 radical (unpaired) electrons. The van der Waals surface area contributed by atoms with E-state index in [1.165, 1.54) is 0 Å². The Morgan fingerprint density at radius 3 is 2.34 bits per heavy atom. The lowest BCUT2D eigenvalue weighted by molar-refractivity contribution is -0.127. The monoisotopic (exact) mass is 455 g/mol. The molecule has 0 aromatic heterocycles. The van der Waals surface area contributed by atoms with Gasteiger partial charge in [-0.2, -0.15) is 0 Å². The van der Waals surface area contributed by atoms with E-state index in [1.54, 1.807) is 6.08 Å². The molecule has 0 unspecified atom stereocenters. The Morgan fingerprint density at radius 2 is 1.69 bits per heavy atom. The molecule has 2 aromatic rings. The summed E-state index contributed by atoms with van der Waals surface area (Å²) >= 11 is 3.43. The SMILES string of the molecule is Cc1cccc(C)c1NC(=O)CN1CCN(C(=O)/C=C/c2cccc(Br)c2)CC1. The molecular formula is C23H26BrN3O2. The standard InChI is InChI=1S/C23H26BrN3O2/c1-17-5-3-6-18(2)23(17)25-21(28)16-26-11-13-27(14-12-26)22(29)10-9-19-7-4-8-20(24)15-19/h3-10,15H,11-14,16H2,1-2H3,(H,25,28)/b10-9+. The molecule has 0 bridgehead atoms. The van der Waals surface area contributed by atoms with Crippen LogP contribution in [-0.4, -0.2) is 54.3 Å². The van der Waals surface area contributed by atoms with Crippen molar-refractivity contribution in [2.24, 2.45) is 0 Å². The summed E-state index contributed by atoms with van der Waals surface area (Å²) in [4.78, 5) is 28.8. The molecule has 0 atom stereocenters. The Bertz CT molecular complexity index is 898. The van der Waals surface area contributed by atoms with Crippen molar-refractivity contribution in [1.82, 2.24) is 9.80 Å². The molecule has 1 fully saturated rings. The predicted molar refractivity (Wildman–Crippen MR) is 121 cm³/mol. The van der Waals surface area contributed by atoms with Gasteiger partial charge in [0.1, 0.15) is 0 Å². The van der Waals surface area contributed by atoms with Crippen LogP contribution in [0.1, 0.15) is 16.7 Å². The molecule has 2 amide bonds. The van der Waals surface area contributed by atoms with Crippen molar-refractivity contribution in [3.8, 4) is 0 Å². The number of hydrogen-bond acceptors (Lipinski definition) is 3. The summed E-state index contributed by atoms with van der Waals surface area (Å²) in [6, 6.07) is 13.8. The van der Waals surface area contributed by atoms with Crippen LogP contribution in [0.15, 0.2) is 53.0 Å². The Hall–Kier alpha value is -2.44. The van der Waals surface area contributed by atoms with Gasteiger partial charge >= 0.3 is 0 Å². The Labute approximate surface area is 180 Å². The molecule has 1 heterocycles. The number of piperazine rings is 1. The molecule has 6 heteroatoms. The number of benzene rings is 2. The van der Waals surface area contributed by atoms with E-state index >= 15 is 0 Å². The Kier molecular flexibility index (Phi) is 7.23. The van der Waals surface area contributed by atoms with E-state index in [0.29, 0.717) is 32.7 Å². The number of nitrogens with zero attached hydrogens (tertiary/aromatic N) is 2. The summed E-state index contributed by atoms with van der Waals surface area (Å²) < 4.78 is 0.986. The van der Waals surface area contributed by atoms with E-state index < -0.39 is 0 Å². The number of aryl methyl sites for hydroxylation is 2. The van der Waals surface area contributed by atoms with Gasteiger partial charge < -0.3 is 10.2 Å². The van der Waals surface area contributed by atoms with Gasteiger partial charge in [-0.3, -0.25) is 14.5 Å². The molecule has 29 heavy (non-hydrogen) atoms. The zero-order valence-electron chi connectivity index (χ0n) is 16.8. The van der Waals surface area contributed by atoms with Gasteiger partial charge in [-0.25, -0.2) is 0 Å². The number of halogens is 1. The van der Waals surface area contributed by atoms with Gasteiger partial charge in [-0.15, -0.1) is 0 Å². The minimum absolute atomic E-state index is 0.00427. The van der Waals surface area contributed by atoms with Crippen LogP contribution in [0.3, 0.4) is 0 Å². The highest BCUT2D eigenvalue weighted by molar-refractivity contribution is 9.10. The summed E-state index contributed by atoms with van der Waals surface area (Å²) in [5, 5.41) is 3.03. The Morgan fingerprint density at radius 1 is 1.03 bits per heavy atom. The number of anilines is 1. The second-order valence-electron chi connectivity index (χ2n) is 7.30. The molecule has 1 aliphatic heterocycles. The highest BCUT2D eigenvalue weighted by Crippen LogP contribution is 2.19. The van der Waals surface area contributed by atoms with Crippen molar-refractivity contribution in [2.45, 2.75) is 13.8 Å². The van der Waals surface area contributed by atoms with Crippen molar-refractivity contribution in [3.05, 3.63) is 69.7 Å². The minimum atomic E-state index is -0.0169. The highest BCUT2D eigenvalue weighted by Gasteiger charge is 2.21. The van der Waals surface area contributed by atoms with Crippen molar-refractivity contribution in [2.75, 3.05) is 38.0 Å². The number of rotatable bonds is 5. The maximum Gasteiger partial charge on any atom is 0.246 e. The second-order valence-corrected chi connectivity index (χ2v) is 8.22. The smallest absolute Gasteiger partial charge is 0.246 e. The van der Waals surface area contributed by atoms with E-state index in [2.05, 4.69) is 26.1 Å². The van der Waals surface area contributed by atoms with Gasteiger partial charge in [0.25, 0.3) is 0 Å². The lowest BCUT2D eigenvalue weighted by Crippen LogP contribution is -2.50. The van der Waals surface area contributed by atoms with Crippen molar-refractivity contribution in [1.29, 1.82) is 0 Å². The summed E-state index contributed by atoms with van der Waals surface area (Å²) in [5.74, 6) is -0.0126. The van der Waals surface area contributed by atoms with E-state index in [0.717, 1.165) is 26.9 Å². The van der Waals surface area contributed by atoms with Crippen LogP contribution < -0.4 is 5.32 Å². The number of carbonyl (C=O) groups is 2. The molecule has 0 saturated carbocycles. The van der Waals surface area contributed by atoms with Gasteiger partial charge in [-0.05, 0) is 48.7 Å². The summed E-state index contributed by atoms with van der Waals surface area (Å²) in [7, 11) is 0. The lowest BCUT2D eigenvalue weighted by atomic mass is 10.1. The zero-order chi connectivity index (χ0) is 20.8. The molecule has 5 nitrogen and oxygen atoms in total. The first-order valence-electron chi connectivity index (χ1n) is 9.73. The van der Waals surface area contributed by atoms with Gasteiger partial charge in [0, 0.05) is 42.4 Å². The average molecular weight is 456 g/mol. The fraction of sp³-hybridized carbons (Fsp3) is 0.304. The number of nitrogens with one attached hydrogen (secondary N) is 1. The predicted octanol–water partition coefficient (Wildman–Crippen LogP) is 3.86. The first kappa shape index (κ1) is 21.3. The van der Waals surface area contributed by atoms with E-state index in [4.69, 9.17) is 0 Å². The van der Waals surface area contributed by atoms with E-state index in [9.17, 15) is 9.59 Å². The third-order valence-corrected chi connectivity index (χ3v) is 5.56. The van der Waals surface area contributed by atoms with Crippen molar-refractivity contribution < 1.29 is 9.59 Å². The van der Waals surface area contributed by atoms with Crippen LogP contribution in [0.5, 0.6) is 0 Å². The quantitative estimate of drug-likeness (QED) is 0.696. The number of amides is 2. The first-order chi connectivity index (χ1) is 13.9. The fourth-order valence-corrected chi connectivity index (χ4v) is 3.82. The normalized spacial score (nSPS) is 14.9. The van der Waals surface area contributed by atoms with E-state index in [1.807, 2.05) is 67.3 Å². The van der Waals surface area contributed by atoms with Crippen LogP contribution in [0.4, 0.5) is 5.69 Å². The Balaban J connectivity index is 1.47. The third kappa shape index (κ3) is 6.02. The lowest BCUT2D eigenvalue weighted by Gasteiger charge is -2.33. The number of para-hydroxylation sites is 1.